The van der Waals surface area contributed by atoms with Gasteiger partial charge in [-0.25, -0.2) is 0 Å². The molecule has 0 amide bonds. The lowest BCUT2D eigenvalue weighted by molar-refractivity contribution is 0.511. The van der Waals surface area contributed by atoms with Crippen LogP contribution in [0.25, 0.3) is 0 Å². The molecule has 2 rings (SSSR count). The van der Waals surface area contributed by atoms with Crippen molar-refractivity contribution in [1.82, 2.24) is 9.78 Å². The number of aromatic nitrogens is 2. The molecule has 0 saturated carbocycles. The summed E-state index contributed by atoms with van der Waals surface area (Å²) < 4.78 is 1.84. The van der Waals surface area contributed by atoms with E-state index in [0.717, 1.165) is 39.8 Å². The van der Waals surface area contributed by atoms with E-state index in [4.69, 9.17) is 28.9 Å². The van der Waals surface area contributed by atoms with Crippen LogP contribution in [0.4, 0.5) is 0 Å². The van der Waals surface area contributed by atoms with E-state index < -0.39 is 0 Å². The number of hydrogen-bond acceptors (Lipinski definition) is 2. The molecule has 0 aliphatic carbocycles. The number of nitrogens with zero attached hydrogens (tertiary/aromatic N) is 2. The largest absolute Gasteiger partial charge is 0.330 e. The fourth-order valence-electron chi connectivity index (χ4n) is 2.39. The fourth-order valence-corrected chi connectivity index (χ4v) is 2.84. The number of hydrogen-bond donors (Lipinski definition) is 1. The van der Waals surface area contributed by atoms with Gasteiger partial charge in [-0.3, -0.25) is 4.68 Å². The topological polar surface area (TPSA) is 43.8 Å². The van der Waals surface area contributed by atoms with Gasteiger partial charge in [-0.05, 0) is 43.9 Å². The maximum atomic E-state index is 6.30. The molecule has 5 heteroatoms. The van der Waals surface area contributed by atoms with Crippen LogP contribution < -0.4 is 5.73 Å². The van der Waals surface area contributed by atoms with Gasteiger partial charge < -0.3 is 5.73 Å². The van der Waals surface area contributed by atoms with Crippen LogP contribution in [-0.2, 0) is 19.9 Å². The Morgan fingerprint density at radius 1 is 1.25 bits per heavy atom. The zero-order chi connectivity index (χ0) is 14.7. The third kappa shape index (κ3) is 3.35. The molecule has 1 atom stereocenters. The maximum absolute atomic E-state index is 6.30. The second kappa shape index (κ2) is 6.61. The van der Waals surface area contributed by atoms with Crippen LogP contribution in [0.1, 0.15) is 17.0 Å². The van der Waals surface area contributed by atoms with Crippen molar-refractivity contribution >= 4 is 23.2 Å². The van der Waals surface area contributed by atoms with E-state index in [1.165, 1.54) is 0 Å². The molecule has 0 bridgehead atoms. The molecule has 1 unspecified atom stereocenters. The van der Waals surface area contributed by atoms with Gasteiger partial charge >= 0.3 is 0 Å². The molecule has 20 heavy (non-hydrogen) atoms. The van der Waals surface area contributed by atoms with Crippen LogP contribution in [0.5, 0.6) is 0 Å². The average molecular weight is 312 g/mol. The average Bonchev–Trinajstić information content (AvgIpc) is 2.66. The highest BCUT2D eigenvalue weighted by molar-refractivity contribution is 6.32. The Morgan fingerprint density at radius 2 is 1.95 bits per heavy atom. The minimum Gasteiger partial charge on any atom is -0.330 e. The van der Waals surface area contributed by atoms with Gasteiger partial charge in [0, 0.05) is 12.1 Å². The van der Waals surface area contributed by atoms with Gasteiger partial charge in [-0.1, -0.05) is 41.4 Å². The van der Waals surface area contributed by atoms with Crippen molar-refractivity contribution in [3.05, 3.63) is 51.3 Å². The first-order chi connectivity index (χ1) is 9.52. The van der Waals surface area contributed by atoms with E-state index in [1.807, 2.05) is 42.9 Å². The van der Waals surface area contributed by atoms with Crippen LogP contribution in [0, 0.1) is 12.8 Å². The third-order valence-corrected chi connectivity index (χ3v) is 4.40. The highest BCUT2D eigenvalue weighted by Crippen LogP contribution is 2.25. The van der Waals surface area contributed by atoms with E-state index in [1.54, 1.807) is 0 Å². The monoisotopic (exact) mass is 311 g/mol. The van der Waals surface area contributed by atoms with Crippen molar-refractivity contribution in [3.63, 3.8) is 0 Å². The predicted molar refractivity (Wildman–Crippen MR) is 84.4 cm³/mol. The third-order valence-electron chi connectivity index (χ3n) is 3.54. The molecule has 0 radical (unpaired) electrons. The number of halogens is 2. The van der Waals surface area contributed by atoms with Crippen molar-refractivity contribution in [2.45, 2.75) is 19.8 Å². The van der Waals surface area contributed by atoms with Gasteiger partial charge in [0.25, 0.3) is 0 Å². The molecule has 2 aromatic rings. The first-order valence-electron chi connectivity index (χ1n) is 6.64. The van der Waals surface area contributed by atoms with Crippen molar-refractivity contribution in [2.75, 3.05) is 6.54 Å². The van der Waals surface area contributed by atoms with Crippen molar-refractivity contribution in [1.29, 1.82) is 0 Å². The number of nitrogens with two attached hydrogens (primary N) is 1. The summed E-state index contributed by atoms with van der Waals surface area (Å²) in [4.78, 5) is 0. The molecule has 3 nitrogen and oxygen atoms in total. The lowest BCUT2D eigenvalue weighted by Crippen LogP contribution is -2.21. The Hall–Kier alpha value is -1.03. The van der Waals surface area contributed by atoms with Crippen LogP contribution in [0.15, 0.2) is 24.3 Å². The summed E-state index contributed by atoms with van der Waals surface area (Å²) in [5.74, 6) is 0.294. The van der Waals surface area contributed by atoms with E-state index in [9.17, 15) is 0 Å². The van der Waals surface area contributed by atoms with E-state index in [-0.39, 0.29) is 0 Å². The summed E-state index contributed by atoms with van der Waals surface area (Å²) in [5, 5.41) is 5.87. The molecule has 2 N–H and O–H groups in total. The summed E-state index contributed by atoms with van der Waals surface area (Å²) >= 11 is 12.5. The molecule has 1 aromatic carbocycles. The molecular formula is C15H19Cl2N3. The predicted octanol–water partition coefficient (Wildman–Crippen LogP) is 3.40. The van der Waals surface area contributed by atoms with Gasteiger partial charge in [0.2, 0.25) is 0 Å². The first-order valence-corrected chi connectivity index (χ1v) is 7.40. The lowest BCUT2D eigenvalue weighted by Gasteiger charge is -2.16. The normalized spacial score (nSPS) is 12.7. The van der Waals surface area contributed by atoms with Gasteiger partial charge in [-0.2, -0.15) is 5.10 Å². The van der Waals surface area contributed by atoms with Gasteiger partial charge in [0.05, 0.1) is 16.4 Å². The molecule has 1 heterocycles. The molecule has 0 spiro atoms. The van der Waals surface area contributed by atoms with Crippen molar-refractivity contribution in [3.8, 4) is 0 Å². The quantitative estimate of drug-likeness (QED) is 0.919. The highest BCUT2D eigenvalue weighted by atomic mass is 35.5. The second-order valence-electron chi connectivity index (χ2n) is 5.07. The number of benzene rings is 1. The Bertz CT molecular complexity index is 593. The molecule has 0 aliphatic rings. The van der Waals surface area contributed by atoms with Crippen LogP contribution >= 0.6 is 23.2 Å². The molecule has 1 aromatic heterocycles. The zero-order valence-electron chi connectivity index (χ0n) is 11.7. The Labute approximate surface area is 129 Å². The molecule has 0 saturated heterocycles. The van der Waals surface area contributed by atoms with E-state index >= 15 is 0 Å². The van der Waals surface area contributed by atoms with E-state index in [2.05, 4.69) is 5.10 Å². The minimum atomic E-state index is 0.294. The summed E-state index contributed by atoms with van der Waals surface area (Å²) in [6.07, 6.45) is 1.65. The fraction of sp³-hybridized carbons (Fsp3) is 0.400. The SMILES string of the molecule is Cc1nn(C)c(CC(CN)Cc2ccccc2Cl)c1Cl. The summed E-state index contributed by atoms with van der Waals surface area (Å²) in [5.41, 5.74) is 8.93. The standard InChI is InChI=1S/C15H19Cl2N3/c1-10-15(17)14(20(2)19-10)8-11(9-18)7-12-5-3-4-6-13(12)16/h3-6,11H,7-9,18H2,1-2H3. The summed E-state index contributed by atoms with van der Waals surface area (Å²) in [7, 11) is 1.91. The Kier molecular flexibility index (Phi) is 5.08. The highest BCUT2D eigenvalue weighted by Gasteiger charge is 2.17. The van der Waals surface area contributed by atoms with Gasteiger partial charge in [0.1, 0.15) is 0 Å². The Balaban J connectivity index is 2.15. The first kappa shape index (κ1) is 15.4. The molecule has 0 aliphatic heterocycles. The zero-order valence-corrected chi connectivity index (χ0v) is 13.2. The van der Waals surface area contributed by atoms with Gasteiger partial charge in [-0.15, -0.1) is 0 Å². The lowest BCUT2D eigenvalue weighted by atomic mass is 9.94. The second-order valence-corrected chi connectivity index (χ2v) is 5.86. The molecular weight excluding hydrogens is 293 g/mol. The van der Waals surface area contributed by atoms with Crippen molar-refractivity contribution < 1.29 is 0 Å². The number of rotatable bonds is 5. The smallest absolute Gasteiger partial charge is 0.0847 e. The van der Waals surface area contributed by atoms with Crippen LogP contribution in [-0.4, -0.2) is 16.3 Å². The minimum absolute atomic E-state index is 0.294. The Morgan fingerprint density at radius 3 is 2.50 bits per heavy atom. The molecule has 0 fully saturated rings. The summed E-state index contributed by atoms with van der Waals surface area (Å²) in [6, 6.07) is 7.88. The van der Waals surface area contributed by atoms with Crippen molar-refractivity contribution in [2.24, 2.45) is 18.7 Å². The van der Waals surface area contributed by atoms with Gasteiger partial charge in [0.15, 0.2) is 0 Å². The van der Waals surface area contributed by atoms with Crippen LogP contribution in [0.3, 0.4) is 0 Å². The van der Waals surface area contributed by atoms with E-state index in [0.29, 0.717) is 12.5 Å². The van der Waals surface area contributed by atoms with Crippen LogP contribution in [0.2, 0.25) is 10.0 Å². The molecule has 108 valence electrons. The maximum Gasteiger partial charge on any atom is 0.0847 e. The summed E-state index contributed by atoms with van der Waals surface area (Å²) in [6.45, 7) is 2.50. The number of aryl methyl sites for hydroxylation is 2.